The number of halogens is 2. The van der Waals surface area contributed by atoms with Gasteiger partial charge >= 0.3 is 0 Å². The predicted molar refractivity (Wildman–Crippen MR) is 80.2 cm³/mol. The van der Waals surface area contributed by atoms with Gasteiger partial charge in [-0.2, -0.15) is 0 Å². The van der Waals surface area contributed by atoms with Gasteiger partial charge in [0, 0.05) is 29.9 Å². The van der Waals surface area contributed by atoms with Crippen LogP contribution in [0.1, 0.15) is 32.4 Å². The first kappa shape index (κ1) is 15.4. The Balaban J connectivity index is 2.42. The zero-order chi connectivity index (χ0) is 15.2. The van der Waals surface area contributed by atoms with Crippen LogP contribution in [0.25, 0.3) is 11.4 Å². The van der Waals surface area contributed by atoms with Crippen molar-refractivity contribution in [3.05, 3.63) is 41.6 Å². The molecular formula is C16H19F2N3. The highest BCUT2D eigenvalue weighted by atomic mass is 19.1. The van der Waals surface area contributed by atoms with Crippen LogP contribution < -0.4 is 5.32 Å². The summed E-state index contributed by atoms with van der Waals surface area (Å²) in [6.07, 6.45) is 2.71. The van der Waals surface area contributed by atoms with Gasteiger partial charge in [0.25, 0.3) is 0 Å². The molecule has 1 N–H and O–H groups in total. The van der Waals surface area contributed by atoms with Crippen LogP contribution in [0.4, 0.5) is 14.6 Å². The number of hydrogen-bond donors (Lipinski definition) is 1. The molecule has 0 bridgehead atoms. The van der Waals surface area contributed by atoms with E-state index in [9.17, 15) is 8.78 Å². The third kappa shape index (κ3) is 4.21. The van der Waals surface area contributed by atoms with Crippen molar-refractivity contribution in [2.75, 3.05) is 11.9 Å². The van der Waals surface area contributed by atoms with Crippen molar-refractivity contribution in [1.82, 2.24) is 9.97 Å². The molecular weight excluding hydrogens is 272 g/mol. The van der Waals surface area contributed by atoms with E-state index in [1.807, 2.05) is 6.07 Å². The molecule has 1 aromatic carbocycles. The minimum atomic E-state index is -0.627. The zero-order valence-corrected chi connectivity index (χ0v) is 12.3. The van der Waals surface area contributed by atoms with Crippen LogP contribution in [0.3, 0.4) is 0 Å². The second kappa shape index (κ2) is 7.11. The standard InChI is InChI=1S/C16H19F2N3/c1-3-5-14-10-15(19-6-4-2)21-16(20-14)11-7-12(17)9-13(18)8-11/h7-10H,3-6H2,1-2H3,(H,19,20,21). The Kier molecular flexibility index (Phi) is 5.20. The van der Waals surface area contributed by atoms with Gasteiger partial charge in [-0.25, -0.2) is 18.7 Å². The van der Waals surface area contributed by atoms with Crippen LogP contribution in [0, 0.1) is 11.6 Å². The van der Waals surface area contributed by atoms with Gasteiger partial charge in [0.05, 0.1) is 0 Å². The van der Waals surface area contributed by atoms with Gasteiger partial charge in [0.2, 0.25) is 0 Å². The van der Waals surface area contributed by atoms with E-state index in [-0.39, 0.29) is 0 Å². The van der Waals surface area contributed by atoms with Crippen molar-refractivity contribution in [2.45, 2.75) is 33.1 Å². The maximum atomic E-state index is 13.4. The fourth-order valence-corrected chi connectivity index (χ4v) is 2.04. The molecule has 0 radical (unpaired) electrons. The van der Waals surface area contributed by atoms with E-state index in [2.05, 4.69) is 29.1 Å². The van der Waals surface area contributed by atoms with Gasteiger partial charge in [0.15, 0.2) is 5.82 Å². The van der Waals surface area contributed by atoms with E-state index in [4.69, 9.17) is 0 Å². The summed E-state index contributed by atoms with van der Waals surface area (Å²) in [5.74, 6) is -0.219. The Labute approximate surface area is 123 Å². The average Bonchev–Trinajstić information content (AvgIpc) is 2.44. The summed E-state index contributed by atoms with van der Waals surface area (Å²) in [4.78, 5) is 8.75. The lowest BCUT2D eigenvalue weighted by Gasteiger charge is -2.09. The quantitative estimate of drug-likeness (QED) is 0.867. The third-order valence-electron chi connectivity index (χ3n) is 2.96. The van der Waals surface area contributed by atoms with Crippen LogP contribution in [-0.4, -0.2) is 16.5 Å². The van der Waals surface area contributed by atoms with Gasteiger partial charge in [-0.3, -0.25) is 0 Å². The first-order chi connectivity index (χ1) is 10.1. The molecule has 1 aromatic heterocycles. The smallest absolute Gasteiger partial charge is 0.161 e. The minimum Gasteiger partial charge on any atom is -0.370 e. The molecule has 2 rings (SSSR count). The van der Waals surface area contributed by atoms with E-state index in [0.717, 1.165) is 37.6 Å². The van der Waals surface area contributed by atoms with E-state index in [1.165, 1.54) is 12.1 Å². The van der Waals surface area contributed by atoms with Gasteiger partial charge < -0.3 is 5.32 Å². The molecule has 0 aliphatic heterocycles. The van der Waals surface area contributed by atoms with Crippen molar-refractivity contribution < 1.29 is 8.78 Å². The number of aryl methyl sites for hydroxylation is 1. The first-order valence-electron chi connectivity index (χ1n) is 7.20. The lowest BCUT2D eigenvalue weighted by molar-refractivity contribution is 0.584. The molecule has 0 fully saturated rings. The third-order valence-corrected chi connectivity index (χ3v) is 2.96. The summed E-state index contributed by atoms with van der Waals surface area (Å²) >= 11 is 0. The second-order valence-electron chi connectivity index (χ2n) is 4.90. The molecule has 5 heteroatoms. The summed E-state index contributed by atoms with van der Waals surface area (Å²) in [5, 5.41) is 3.19. The molecule has 0 atom stereocenters. The van der Waals surface area contributed by atoms with E-state index < -0.39 is 11.6 Å². The van der Waals surface area contributed by atoms with Gasteiger partial charge in [-0.1, -0.05) is 20.3 Å². The van der Waals surface area contributed by atoms with E-state index in [1.54, 1.807) is 0 Å². The molecule has 0 saturated heterocycles. The first-order valence-corrected chi connectivity index (χ1v) is 7.20. The molecule has 0 aliphatic rings. The van der Waals surface area contributed by atoms with E-state index >= 15 is 0 Å². The van der Waals surface area contributed by atoms with Crippen LogP contribution >= 0.6 is 0 Å². The van der Waals surface area contributed by atoms with Crippen molar-refractivity contribution >= 4 is 5.82 Å². The molecule has 0 spiro atoms. The van der Waals surface area contributed by atoms with Crippen LogP contribution in [0.2, 0.25) is 0 Å². The van der Waals surface area contributed by atoms with Crippen LogP contribution in [0.5, 0.6) is 0 Å². The fourth-order valence-electron chi connectivity index (χ4n) is 2.04. The van der Waals surface area contributed by atoms with Crippen molar-refractivity contribution in [3.8, 4) is 11.4 Å². The number of nitrogens with one attached hydrogen (secondary N) is 1. The molecule has 1 heterocycles. The molecule has 0 saturated carbocycles. The van der Waals surface area contributed by atoms with Gasteiger partial charge in [-0.15, -0.1) is 0 Å². The monoisotopic (exact) mass is 291 g/mol. The maximum Gasteiger partial charge on any atom is 0.161 e. The van der Waals surface area contributed by atoms with Crippen molar-refractivity contribution in [1.29, 1.82) is 0 Å². The molecule has 2 aromatic rings. The second-order valence-corrected chi connectivity index (χ2v) is 4.90. The number of rotatable bonds is 6. The Morgan fingerprint density at radius 1 is 0.952 bits per heavy atom. The van der Waals surface area contributed by atoms with Crippen LogP contribution in [-0.2, 0) is 6.42 Å². The molecule has 0 unspecified atom stereocenters. The van der Waals surface area contributed by atoms with Crippen LogP contribution in [0.15, 0.2) is 24.3 Å². The number of aromatic nitrogens is 2. The topological polar surface area (TPSA) is 37.8 Å². The van der Waals surface area contributed by atoms with E-state index in [0.29, 0.717) is 17.2 Å². The molecule has 21 heavy (non-hydrogen) atoms. The molecule has 3 nitrogen and oxygen atoms in total. The fraction of sp³-hybridized carbons (Fsp3) is 0.375. The number of benzene rings is 1. The van der Waals surface area contributed by atoms with Crippen molar-refractivity contribution in [3.63, 3.8) is 0 Å². The number of hydrogen-bond acceptors (Lipinski definition) is 3. The van der Waals surface area contributed by atoms with Crippen molar-refractivity contribution in [2.24, 2.45) is 0 Å². The Hall–Kier alpha value is -2.04. The summed E-state index contributed by atoms with van der Waals surface area (Å²) in [5.41, 5.74) is 1.22. The number of nitrogens with zero attached hydrogens (tertiary/aromatic N) is 2. The minimum absolute atomic E-state index is 0.345. The summed E-state index contributed by atoms with van der Waals surface area (Å²) in [7, 11) is 0. The lowest BCUT2D eigenvalue weighted by atomic mass is 10.1. The van der Waals surface area contributed by atoms with Gasteiger partial charge in [-0.05, 0) is 25.0 Å². The summed E-state index contributed by atoms with van der Waals surface area (Å²) in [6, 6.07) is 5.23. The zero-order valence-electron chi connectivity index (χ0n) is 12.3. The molecule has 0 aliphatic carbocycles. The Bertz CT molecular complexity index is 594. The predicted octanol–water partition coefficient (Wildman–Crippen LogP) is 4.20. The molecule has 0 amide bonds. The SMILES string of the molecule is CCCNc1cc(CCC)nc(-c2cc(F)cc(F)c2)n1. The lowest BCUT2D eigenvalue weighted by Crippen LogP contribution is -2.06. The average molecular weight is 291 g/mol. The normalized spacial score (nSPS) is 10.7. The highest BCUT2D eigenvalue weighted by Gasteiger charge is 2.09. The largest absolute Gasteiger partial charge is 0.370 e. The molecule has 112 valence electrons. The summed E-state index contributed by atoms with van der Waals surface area (Å²) < 4.78 is 26.7. The highest BCUT2D eigenvalue weighted by Crippen LogP contribution is 2.21. The highest BCUT2D eigenvalue weighted by molar-refractivity contribution is 5.57. The Morgan fingerprint density at radius 2 is 1.67 bits per heavy atom. The Morgan fingerprint density at radius 3 is 2.29 bits per heavy atom. The van der Waals surface area contributed by atoms with Gasteiger partial charge in [0.1, 0.15) is 17.5 Å². The summed E-state index contributed by atoms with van der Waals surface area (Å²) in [6.45, 7) is 4.91. The number of anilines is 1. The maximum absolute atomic E-state index is 13.4.